The van der Waals surface area contributed by atoms with Gasteiger partial charge in [0.15, 0.2) is 6.10 Å². The van der Waals surface area contributed by atoms with E-state index in [0.29, 0.717) is 12.8 Å². The molecule has 0 radical (unpaired) electrons. The van der Waals surface area contributed by atoms with Crippen molar-refractivity contribution < 1.29 is 43.2 Å². The van der Waals surface area contributed by atoms with Gasteiger partial charge in [-0.05, 0) is 51.2 Å². The Hall–Kier alpha value is -4.12. The van der Waals surface area contributed by atoms with Gasteiger partial charge < -0.3 is 34.7 Å². The number of hydrogen-bond donors (Lipinski definition) is 3. The standard InChI is InChI=1S/C30H40N2O9/c1-30(2,3)41-26(34)18-24(19-32-28(36)39-21-23-14-8-5-9-15-23)40-29(37)31-17-11-10-16-25(33)27(35)38-20-22-12-6-4-7-13-22/h4-9,12-15,24-25,33H,10-11,16-21H2,1-3H3,(H,31,37)(H,32,36)/t24?,25-/m0/s1. The molecule has 2 aromatic carbocycles. The summed E-state index contributed by atoms with van der Waals surface area (Å²) in [6, 6.07) is 18.3. The lowest BCUT2D eigenvalue weighted by molar-refractivity contribution is -0.157. The number of esters is 2. The predicted octanol–water partition coefficient (Wildman–Crippen LogP) is 4.01. The van der Waals surface area contributed by atoms with E-state index in [1.54, 1.807) is 20.8 Å². The molecule has 11 heteroatoms. The molecule has 2 atom stereocenters. The number of benzene rings is 2. The molecule has 11 nitrogen and oxygen atoms in total. The van der Waals surface area contributed by atoms with Crippen molar-refractivity contribution >= 4 is 24.1 Å². The van der Waals surface area contributed by atoms with Crippen LogP contribution in [0.1, 0.15) is 57.6 Å². The summed E-state index contributed by atoms with van der Waals surface area (Å²) in [6.07, 6.45) is -3.00. The number of ether oxygens (including phenoxy) is 4. The highest BCUT2D eigenvalue weighted by molar-refractivity contribution is 5.74. The van der Waals surface area contributed by atoms with Gasteiger partial charge in [0.1, 0.15) is 24.9 Å². The van der Waals surface area contributed by atoms with Crippen LogP contribution in [0.15, 0.2) is 60.7 Å². The fourth-order valence-electron chi connectivity index (χ4n) is 3.48. The minimum absolute atomic E-state index is 0.0597. The molecule has 0 aliphatic heterocycles. The Balaban J connectivity index is 1.72. The van der Waals surface area contributed by atoms with Gasteiger partial charge in [-0.2, -0.15) is 0 Å². The van der Waals surface area contributed by atoms with Crippen molar-refractivity contribution in [3.8, 4) is 0 Å². The zero-order valence-corrected chi connectivity index (χ0v) is 23.8. The summed E-state index contributed by atoms with van der Waals surface area (Å²) < 4.78 is 20.9. The summed E-state index contributed by atoms with van der Waals surface area (Å²) >= 11 is 0. The maximum atomic E-state index is 12.3. The second kappa shape index (κ2) is 17.5. The van der Waals surface area contributed by atoms with Gasteiger partial charge in [-0.25, -0.2) is 14.4 Å². The Kier molecular flexibility index (Phi) is 14.2. The average Bonchev–Trinajstić information content (AvgIpc) is 2.93. The molecule has 0 aromatic heterocycles. The molecule has 2 aromatic rings. The van der Waals surface area contributed by atoms with Crippen molar-refractivity contribution in [2.45, 2.75) is 77.5 Å². The van der Waals surface area contributed by atoms with Crippen molar-refractivity contribution in [2.24, 2.45) is 0 Å². The lowest BCUT2D eigenvalue weighted by atomic mass is 10.1. The third kappa shape index (κ3) is 15.3. The summed E-state index contributed by atoms with van der Waals surface area (Å²) in [6.45, 7) is 5.32. The second-order valence-corrected chi connectivity index (χ2v) is 10.3. The van der Waals surface area contributed by atoms with Gasteiger partial charge in [0.25, 0.3) is 0 Å². The van der Waals surface area contributed by atoms with Crippen LogP contribution >= 0.6 is 0 Å². The van der Waals surface area contributed by atoms with E-state index in [1.807, 2.05) is 60.7 Å². The van der Waals surface area contributed by atoms with E-state index in [9.17, 15) is 24.3 Å². The highest BCUT2D eigenvalue weighted by atomic mass is 16.6. The number of unbranched alkanes of at least 4 members (excludes halogenated alkanes) is 1. The average molecular weight is 573 g/mol. The van der Waals surface area contributed by atoms with E-state index in [2.05, 4.69) is 10.6 Å². The molecule has 1 unspecified atom stereocenters. The van der Waals surface area contributed by atoms with Crippen molar-refractivity contribution in [1.82, 2.24) is 10.6 Å². The van der Waals surface area contributed by atoms with Gasteiger partial charge in [-0.1, -0.05) is 60.7 Å². The molecule has 0 aliphatic rings. The number of amides is 2. The molecule has 0 aliphatic carbocycles. The number of carbonyl (C=O) groups is 4. The maximum Gasteiger partial charge on any atom is 0.407 e. The van der Waals surface area contributed by atoms with Gasteiger partial charge in [-0.15, -0.1) is 0 Å². The van der Waals surface area contributed by atoms with Crippen molar-refractivity contribution in [3.63, 3.8) is 0 Å². The third-order valence-electron chi connectivity index (χ3n) is 5.44. The SMILES string of the molecule is CC(C)(C)OC(=O)CC(CNC(=O)OCc1ccccc1)OC(=O)NCCCC[C@H](O)C(=O)OCc1ccccc1. The minimum Gasteiger partial charge on any atom is -0.460 e. The van der Waals surface area contributed by atoms with Crippen LogP contribution in [0.5, 0.6) is 0 Å². The summed E-state index contributed by atoms with van der Waals surface area (Å²) in [5, 5.41) is 15.1. The molecule has 224 valence electrons. The van der Waals surface area contributed by atoms with E-state index in [4.69, 9.17) is 18.9 Å². The molecule has 0 spiro atoms. The number of hydrogen-bond acceptors (Lipinski definition) is 9. The molecule has 0 saturated carbocycles. The molecule has 0 saturated heterocycles. The van der Waals surface area contributed by atoms with Gasteiger partial charge in [0.2, 0.25) is 0 Å². The van der Waals surface area contributed by atoms with Crippen LogP contribution in [-0.4, -0.2) is 60.1 Å². The molecule has 0 heterocycles. The first-order valence-corrected chi connectivity index (χ1v) is 13.5. The first-order valence-electron chi connectivity index (χ1n) is 13.5. The second-order valence-electron chi connectivity index (χ2n) is 10.3. The lowest BCUT2D eigenvalue weighted by Crippen LogP contribution is -2.40. The summed E-state index contributed by atoms with van der Waals surface area (Å²) in [5.41, 5.74) is 0.893. The van der Waals surface area contributed by atoms with Crippen LogP contribution < -0.4 is 10.6 Å². The Morgan fingerprint density at radius 2 is 1.39 bits per heavy atom. The number of carbonyl (C=O) groups excluding carboxylic acids is 4. The predicted molar refractivity (Wildman–Crippen MR) is 149 cm³/mol. The molecule has 2 rings (SSSR count). The highest BCUT2D eigenvalue weighted by Gasteiger charge is 2.24. The monoisotopic (exact) mass is 572 g/mol. The minimum atomic E-state index is -1.27. The Labute approximate surface area is 240 Å². The van der Waals surface area contributed by atoms with Gasteiger partial charge in [-0.3, -0.25) is 4.79 Å². The van der Waals surface area contributed by atoms with E-state index in [-0.39, 0.29) is 39.1 Å². The largest absolute Gasteiger partial charge is 0.460 e. The molecule has 41 heavy (non-hydrogen) atoms. The van der Waals surface area contributed by atoms with Crippen LogP contribution in [0.4, 0.5) is 9.59 Å². The number of rotatable bonds is 15. The van der Waals surface area contributed by atoms with Crippen LogP contribution in [-0.2, 0) is 41.8 Å². The highest BCUT2D eigenvalue weighted by Crippen LogP contribution is 2.11. The Bertz CT molecular complexity index is 1090. The van der Waals surface area contributed by atoms with E-state index in [1.165, 1.54) is 0 Å². The smallest absolute Gasteiger partial charge is 0.407 e. The van der Waals surface area contributed by atoms with Crippen LogP contribution in [0.2, 0.25) is 0 Å². The van der Waals surface area contributed by atoms with Crippen molar-refractivity contribution in [2.75, 3.05) is 13.1 Å². The quantitative estimate of drug-likeness (QED) is 0.163. The Morgan fingerprint density at radius 3 is 1.98 bits per heavy atom. The molecule has 2 amide bonds. The van der Waals surface area contributed by atoms with Gasteiger partial charge in [0, 0.05) is 6.54 Å². The number of aliphatic hydroxyl groups is 1. The van der Waals surface area contributed by atoms with Crippen molar-refractivity contribution in [3.05, 3.63) is 71.8 Å². The topological polar surface area (TPSA) is 149 Å². The first kappa shape index (κ1) is 33.1. The van der Waals surface area contributed by atoms with Crippen LogP contribution in [0.25, 0.3) is 0 Å². The molecule has 0 bridgehead atoms. The Morgan fingerprint density at radius 1 is 0.805 bits per heavy atom. The lowest BCUT2D eigenvalue weighted by Gasteiger charge is -2.22. The molecule has 0 fully saturated rings. The fourth-order valence-corrected chi connectivity index (χ4v) is 3.48. The number of aliphatic hydroxyl groups excluding tert-OH is 1. The normalized spacial score (nSPS) is 12.4. The summed E-state index contributed by atoms with van der Waals surface area (Å²) in [7, 11) is 0. The molecular formula is C30H40N2O9. The number of alkyl carbamates (subject to hydrolysis) is 2. The zero-order chi connectivity index (χ0) is 30.1. The summed E-state index contributed by atoms with van der Waals surface area (Å²) in [5.74, 6) is -1.30. The first-order chi connectivity index (χ1) is 19.5. The summed E-state index contributed by atoms with van der Waals surface area (Å²) in [4.78, 5) is 48.8. The van der Waals surface area contributed by atoms with E-state index >= 15 is 0 Å². The number of nitrogens with one attached hydrogen (secondary N) is 2. The van der Waals surface area contributed by atoms with Crippen LogP contribution in [0.3, 0.4) is 0 Å². The van der Waals surface area contributed by atoms with E-state index in [0.717, 1.165) is 11.1 Å². The zero-order valence-electron chi connectivity index (χ0n) is 23.8. The molecule has 3 N–H and O–H groups in total. The van der Waals surface area contributed by atoms with Crippen molar-refractivity contribution in [1.29, 1.82) is 0 Å². The third-order valence-corrected chi connectivity index (χ3v) is 5.44. The van der Waals surface area contributed by atoms with E-state index < -0.39 is 41.9 Å². The molecular weight excluding hydrogens is 532 g/mol. The van der Waals surface area contributed by atoms with Crippen LogP contribution in [0, 0.1) is 0 Å². The maximum absolute atomic E-state index is 12.3. The van der Waals surface area contributed by atoms with Gasteiger partial charge >= 0.3 is 24.1 Å². The van der Waals surface area contributed by atoms with Gasteiger partial charge in [0.05, 0.1) is 13.0 Å². The fraction of sp³-hybridized carbons (Fsp3) is 0.467.